The van der Waals surface area contributed by atoms with Crippen LogP contribution in [-0.4, -0.2) is 27.1 Å². The molecule has 0 radical (unpaired) electrons. The monoisotopic (exact) mass is 238 g/mol. The molecule has 1 aromatic carbocycles. The zero-order valence-electron chi connectivity index (χ0n) is 10.4. The molecular formula is C13H18O4. The Bertz CT molecular complexity index is 378. The summed E-state index contributed by atoms with van der Waals surface area (Å²) in [5.74, 6) is 1.44. The molecule has 1 heterocycles. The van der Waals surface area contributed by atoms with E-state index in [1.807, 2.05) is 25.1 Å². The first-order valence-corrected chi connectivity index (χ1v) is 5.78. The Kier molecular flexibility index (Phi) is 3.86. The molecule has 2 rings (SSSR count). The minimum Gasteiger partial charge on any atom is -0.493 e. The molecule has 2 atom stereocenters. The number of para-hydroxylation sites is 1. The molecule has 94 valence electrons. The molecule has 2 unspecified atom stereocenters. The van der Waals surface area contributed by atoms with Crippen LogP contribution in [-0.2, 0) is 9.47 Å². The van der Waals surface area contributed by atoms with Crippen LogP contribution in [0, 0.1) is 0 Å². The Hall–Kier alpha value is -1.26. The predicted octanol–water partition coefficient (Wildman–Crippen LogP) is 2.53. The van der Waals surface area contributed by atoms with Gasteiger partial charge in [-0.3, -0.25) is 0 Å². The average Bonchev–Trinajstić information content (AvgIpc) is 2.37. The van der Waals surface area contributed by atoms with E-state index >= 15 is 0 Å². The van der Waals surface area contributed by atoms with Crippen molar-refractivity contribution in [2.24, 2.45) is 0 Å². The maximum Gasteiger partial charge on any atom is 0.202 e. The van der Waals surface area contributed by atoms with E-state index < -0.39 is 0 Å². The lowest BCUT2D eigenvalue weighted by atomic mass is 10.0. The minimum atomic E-state index is -0.270. The summed E-state index contributed by atoms with van der Waals surface area (Å²) in [5, 5.41) is 0. The Morgan fingerprint density at radius 3 is 2.82 bits per heavy atom. The van der Waals surface area contributed by atoms with Gasteiger partial charge in [0, 0.05) is 25.7 Å². The molecular weight excluding hydrogens is 220 g/mol. The van der Waals surface area contributed by atoms with Crippen molar-refractivity contribution in [2.75, 3.05) is 20.8 Å². The molecule has 1 aliphatic heterocycles. The highest BCUT2D eigenvalue weighted by atomic mass is 16.7. The third-order valence-corrected chi connectivity index (χ3v) is 2.87. The van der Waals surface area contributed by atoms with Crippen LogP contribution in [0.4, 0.5) is 0 Å². The molecule has 0 saturated carbocycles. The third kappa shape index (κ3) is 2.37. The van der Waals surface area contributed by atoms with Crippen molar-refractivity contribution in [3.05, 3.63) is 23.8 Å². The summed E-state index contributed by atoms with van der Waals surface area (Å²) in [6, 6.07) is 5.81. The van der Waals surface area contributed by atoms with Crippen LogP contribution < -0.4 is 9.47 Å². The summed E-state index contributed by atoms with van der Waals surface area (Å²) in [5.41, 5.74) is 1.02. The van der Waals surface area contributed by atoms with Crippen molar-refractivity contribution in [1.82, 2.24) is 0 Å². The number of methoxy groups -OCH3 is 2. The van der Waals surface area contributed by atoms with Gasteiger partial charge in [-0.25, -0.2) is 0 Å². The number of benzene rings is 1. The van der Waals surface area contributed by atoms with Gasteiger partial charge in [0.2, 0.25) is 6.29 Å². The van der Waals surface area contributed by atoms with Crippen LogP contribution in [0.3, 0.4) is 0 Å². The van der Waals surface area contributed by atoms with Crippen LogP contribution in [0.15, 0.2) is 18.2 Å². The van der Waals surface area contributed by atoms with Crippen molar-refractivity contribution in [2.45, 2.75) is 25.7 Å². The molecule has 0 aliphatic carbocycles. The van der Waals surface area contributed by atoms with Gasteiger partial charge in [0.05, 0.1) is 13.2 Å². The maximum absolute atomic E-state index is 5.80. The molecule has 4 heteroatoms. The lowest BCUT2D eigenvalue weighted by Crippen LogP contribution is -2.29. The molecule has 0 amide bonds. The van der Waals surface area contributed by atoms with E-state index in [1.54, 1.807) is 14.2 Å². The van der Waals surface area contributed by atoms with Gasteiger partial charge in [0.1, 0.15) is 0 Å². The van der Waals surface area contributed by atoms with E-state index in [0.29, 0.717) is 18.8 Å². The van der Waals surface area contributed by atoms with Crippen LogP contribution in [0.25, 0.3) is 0 Å². The van der Waals surface area contributed by atoms with E-state index in [0.717, 1.165) is 11.3 Å². The second kappa shape index (κ2) is 5.38. The Balaban J connectivity index is 2.33. The van der Waals surface area contributed by atoms with Crippen molar-refractivity contribution in [3.8, 4) is 11.5 Å². The van der Waals surface area contributed by atoms with Gasteiger partial charge in [-0.05, 0) is 13.0 Å². The van der Waals surface area contributed by atoms with Gasteiger partial charge in [-0.2, -0.15) is 0 Å². The number of fused-ring (bicyclic) bond motifs is 1. The number of hydrogen-bond donors (Lipinski definition) is 0. The second-order valence-corrected chi connectivity index (χ2v) is 3.84. The quantitative estimate of drug-likeness (QED) is 0.807. The highest BCUT2D eigenvalue weighted by Gasteiger charge is 2.30. The zero-order valence-corrected chi connectivity index (χ0v) is 10.4. The third-order valence-electron chi connectivity index (χ3n) is 2.87. The fourth-order valence-electron chi connectivity index (χ4n) is 2.07. The van der Waals surface area contributed by atoms with E-state index in [1.165, 1.54) is 0 Å². The van der Waals surface area contributed by atoms with Crippen LogP contribution in [0.2, 0.25) is 0 Å². The van der Waals surface area contributed by atoms with Gasteiger partial charge in [-0.1, -0.05) is 12.1 Å². The predicted molar refractivity (Wildman–Crippen MR) is 63.4 cm³/mol. The average molecular weight is 238 g/mol. The lowest BCUT2D eigenvalue weighted by Gasteiger charge is -2.31. The molecule has 0 saturated heterocycles. The number of hydrogen-bond acceptors (Lipinski definition) is 4. The van der Waals surface area contributed by atoms with Crippen LogP contribution in [0.5, 0.6) is 11.5 Å². The molecule has 1 aromatic rings. The van der Waals surface area contributed by atoms with Crippen LogP contribution >= 0.6 is 0 Å². The number of rotatable bonds is 4. The van der Waals surface area contributed by atoms with Gasteiger partial charge < -0.3 is 18.9 Å². The fraction of sp³-hybridized carbons (Fsp3) is 0.538. The van der Waals surface area contributed by atoms with Crippen molar-refractivity contribution in [1.29, 1.82) is 0 Å². The summed E-state index contributed by atoms with van der Waals surface area (Å²) in [6.07, 6.45) is 0.420. The zero-order chi connectivity index (χ0) is 12.3. The Morgan fingerprint density at radius 1 is 1.35 bits per heavy atom. The van der Waals surface area contributed by atoms with Crippen molar-refractivity contribution in [3.63, 3.8) is 0 Å². The standard InChI is InChI=1S/C13H18O4/c1-4-16-12-8-11(15-3)9-6-5-7-10(14-2)13(9)17-12/h5-7,11-12H,4,8H2,1-3H3. The summed E-state index contributed by atoms with van der Waals surface area (Å²) >= 11 is 0. The van der Waals surface area contributed by atoms with Gasteiger partial charge in [-0.15, -0.1) is 0 Å². The molecule has 17 heavy (non-hydrogen) atoms. The van der Waals surface area contributed by atoms with Crippen molar-refractivity contribution < 1.29 is 18.9 Å². The molecule has 1 aliphatic rings. The topological polar surface area (TPSA) is 36.9 Å². The Labute approximate surface area is 101 Å². The maximum atomic E-state index is 5.80. The minimum absolute atomic E-state index is 0.00889. The SMILES string of the molecule is CCOC1CC(OC)c2cccc(OC)c2O1. The normalized spacial score (nSPS) is 22.8. The molecule has 0 aromatic heterocycles. The smallest absolute Gasteiger partial charge is 0.202 e. The van der Waals surface area contributed by atoms with Crippen LogP contribution in [0.1, 0.15) is 25.0 Å². The molecule has 4 nitrogen and oxygen atoms in total. The van der Waals surface area contributed by atoms with Gasteiger partial charge in [0.15, 0.2) is 11.5 Å². The molecule has 0 fully saturated rings. The number of ether oxygens (including phenoxy) is 4. The summed E-state index contributed by atoms with van der Waals surface area (Å²) in [4.78, 5) is 0. The van der Waals surface area contributed by atoms with E-state index in [2.05, 4.69) is 0 Å². The molecule has 0 bridgehead atoms. The largest absolute Gasteiger partial charge is 0.493 e. The van der Waals surface area contributed by atoms with Gasteiger partial charge >= 0.3 is 0 Å². The summed E-state index contributed by atoms with van der Waals surface area (Å²) in [6.45, 7) is 2.56. The summed E-state index contributed by atoms with van der Waals surface area (Å²) < 4.78 is 22.1. The van der Waals surface area contributed by atoms with Gasteiger partial charge in [0.25, 0.3) is 0 Å². The van der Waals surface area contributed by atoms with Crippen molar-refractivity contribution >= 4 is 0 Å². The van der Waals surface area contributed by atoms with E-state index in [9.17, 15) is 0 Å². The molecule has 0 spiro atoms. The first-order chi connectivity index (χ1) is 8.30. The first kappa shape index (κ1) is 12.2. The fourth-order valence-corrected chi connectivity index (χ4v) is 2.07. The Morgan fingerprint density at radius 2 is 2.18 bits per heavy atom. The summed E-state index contributed by atoms with van der Waals surface area (Å²) in [7, 11) is 3.33. The van der Waals surface area contributed by atoms with E-state index in [4.69, 9.17) is 18.9 Å². The highest BCUT2D eigenvalue weighted by Crippen LogP contribution is 2.42. The second-order valence-electron chi connectivity index (χ2n) is 3.84. The van der Waals surface area contributed by atoms with E-state index in [-0.39, 0.29) is 12.4 Å². The highest BCUT2D eigenvalue weighted by molar-refractivity contribution is 5.48. The lowest BCUT2D eigenvalue weighted by molar-refractivity contribution is -0.118. The first-order valence-electron chi connectivity index (χ1n) is 5.78. The molecule has 0 N–H and O–H groups in total.